The van der Waals surface area contributed by atoms with Crippen molar-refractivity contribution in [2.24, 2.45) is 0 Å². The van der Waals surface area contributed by atoms with Gasteiger partial charge in [-0.15, -0.1) is 0 Å². The summed E-state index contributed by atoms with van der Waals surface area (Å²) >= 11 is 3.08. The normalized spacial score (nSPS) is 13.0. The molecule has 0 bridgehead atoms. The molecule has 1 aromatic heterocycles. The number of hydrogen-bond donors (Lipinski definition) is 1. The highest BCUT2D eigenvalue weighted by Gasteiger charge is 2.08. The maximum absolute atomic E-state index is 12.8. The lowest BCUT2D eigenvalue weighted by atomic mass is 10.2. The number of nitrogens with zero attached hydrogens (tertiary/aromatic N) is 1. The summed E-state index contributed by atoms with van der Waals surface area (Å²) in [6.07, 6.45) is -0.736. The number of aliphatic hydroxyl groups is 1. The Balaban J connectivity index is 2.96. The van der Waals surface area contributed by atoms with Gasteiger partial charge in [0.05, 0.1) is 5.69 Å². The predicted molar refractivity (Wildman–Crippen MR) is 47.7 cm³/mol. The number of aliphatic hydroxyl groups excluding tert-OH is 1. The molecule has 66 valence electrons. The Morgan fingerprint density at radius 3 is 2.83 bits per heavy atom. The molecule has 0 amide bonds. The van der Waals surface area contributed by atoms with Crippen molar-refractivity contribution in [3.63, 3.8) is 0 Å². The predicted octanol–water partition coefficient (Wildman–Crippen LogP) is 1.96. The van der Waals surface area contributed by atoms with Crippen molar-refractivity contribution < 1.29 is 9.50 Å². The summed E-state index contributed by atoms with van der Waals surface area (Å²) in [4.78, 5) is 3.60. The van der Waals surface area contributed by atoms with E-state index in [-0.39, 0.29) is 0 Å². The van der Waals surface area contributed by atoms with Gasteiger partial charge in [0.2, 0.25) is 5.95 Å². The van der Waals surface area contributed by atoms with Crippen LogP contribution in [0.15, 0.2) is 12.1 Å². The monoisotopic (exact) mass is 233 g/mol. The number of aromatic nitrogens is 1. The van der Waals surface area contributed by atoms with Crippen LogP contribution in [0.3, 0.4) is 0 Å². The van der Waals surface area contributed by atoms with E-state index in [9.17, 15) is 9.50 Å². The van der Waals surface area contributed by atoms with Crippen LogP contribution in [0.4, 0.5) is 4.39 Å². The van der Waals surface area contributed by atoms with Gasteiger partial charge in [0.15, 0.2) is 0 Å². The van der Waals surface area contributed by atoms with Crippen LogP contribution in [0.25, 0.3) is 0 Å². The third-order valence-electron chi connectivity index (χ3n) is 1.54. The summed E-state index contributed by atoms with van der Waals surface area (Å²) in [5, 5.41) is 9.63. The smallest absolute Gasteiger partial charge is 0.216 e. The zero-order chi connectivity index (χ0) is 9.14. The van der Waals surface area contributed by atoms with Crippen LogP contribution in [0.2, 0.25) is 0 Å². The van der Waals surface area contributed by atoms with E-state index < -0.39 is 12.1 Å². The molecule has 0 saturated heterocycles. The summed E-state index contributed by atoms with van der Waals surface area (Å²) in [7, 11) is 0. The van der Waals surface area contributed by atoms with E-state index in [0.29, 0.717) is 16.6 Å². The molecule has 0 radical (unpaired) electrons. The van der Waals surface area contributed by atoms with Crippen molar-refractivity contribution in [2.75, 3.05) is 5.33 Å². The Bertz CT molecular complexity index is 280. The molecule has 0 saturated carbocycles. The van der Waals surface area contributed by atoms with E-state index in [1.54, 1.807) is 19.1 Å². The minimum atomic E-state index is -0.736. The van der Waals surface area contributed by atoms with Gasteiger partial charge < -0.3 is 5.11 Å². The van der Waals surface area contributed by atoms with E-state index in [1.807, 2.05) is 0 Å². The number of aryl methyl sites for hydroxylation is 1. The largest absolute Gasteiger partial charge is 0.386 e. The molecule has 0 aromatic carbocycles. The molecule has 0 fully saturated rings. The van der Waals surface area contributed by atoms with Gasteiger partial charge in [-0.25, -0.2) is 4.98 Å². The molecule has 0 aliphatic heterocycles. The molecule has 0 unspecified atom stereocenters. The van der Waals surface area contributed by atoms with Crippen LogP contribution in [0.1, 0.15) is 17.4 Å². The summed E-state index contributed by atoms with van der Waals surface area (Å²) in [6, 6.07) is 3.22. The van der Waals surface area contributed by atoms with Crippen LogP contribution in [-0.2, 0) is 0 Å². The fourth-order valence-electron chi connectivity index (χ4n) is 0.783. The number of alkyl halides is 1. The first kappa shape index (κ1) is 9.61. The van der Waals surface area contributed by atoms with Gasteiger partial charge in [-0.3, -0.25) is 0 Å². The van der Waals surface area contributed by atoms with Crippen LogP contribution in [0, 0.1) is 12.9 Å². The van der Waals surface area contributed by atoms with Gasteiger partial charge in [0.25, 0.3) is 0 Å². The van der Waals surface area contributed by atoms with Gasteiger partial charge in [-0.05, 0) is 13.0 Å². The lowest BCUT2D eigenvalue weighted by molar-refractivity contribution is 0.199. The van der Waals surface area contributed by atoms with E-state index in [2.05, 4.69) is 20.9 Å². The zero-order valence-corrected chi connectivity index (χ0v) is 8.18. The maximum Gasteiger partial charge on any atom is 0.216 e. The summed E-state index contributed by atoms with van der Waals surface area (Å²) in [5.41, 5.74) is 0.843. The SMILES string of the molecule is Cc1ccc([C@H](O)CBr)nc1F. The van der Waals surface area contributed by atoms with Crippen LogP contribution in [0.5, 0.6) is 0 Å². The quantitative estimate of drug-likeness (QED) is 0.626. The van der Waals surface area contributed by atoms with Gasteiger partial charge in [0, 0.05) is 10.9 Å². The minimum absolute atomic E-state index is 0.356. The molecule has 12 heavy (non-hydrogen) atoms. The molecule has 1 N–H and O–H groups in total. The van der Waals surface area contributed by atoms with Gasteiger partial charge in [-0.1, -0.05) is 22.0 Å². The van der Waals surface area contributed by atoms with E-state index in [4.69, 9.17) is 0 Å². The highest BCUT2D eigenvalue weighted by Crippen LogP contribution is 2.14. The van der Waals surface area contributed by atoms with Crippen molar-refractivity contribution in [1.29, 1.82) is 0 Å². The van der Waals surface area contributed by atoms with E-state index in [1.165, 1.54) is 0 Å². The van der Waals surface area contributed by atoms with Gasteiger partial charge >= 0.3 is 0 Å². The second-order valence-corrected chi connectivity index (χ2v) is 3.16. The molecule has 2 nitrogen and oxygen atoms in total. The Kier molecular flexibility index (Phi) is 3.17. The van der Waals surface area contributed by atoms with Crippen LogP contribution in [-0.4, -0.2) is 15.4 Å². The fraction of sp³-hybridized carbons (Fsp3) is 0.375. The van der Waals surface area contributed by atoms with Crippen LogP contribution >= 0.6 is 15.9 Å². The Morgan fingerprint density at radius 1 is 1.67 bits per heavy atom. The average Bonchev–Trinajstić information content (AvgIpc) is 2.08. The van der Waals surface area contributed by atoms with Gasteiger partial charge in [0.1, 0.15) is 6.10 Å². The summed E-state index contributed by atoms with van der Waals surface area (Å²) < 4.78 is 12.8. The Hall–Kier alpha value is -0.480. The average molecular weight is 234 g/mol. The van der Waals surface area contributed by atoms with Gasteiger partial charge in [-0.2, -0.15) is 4.39 Å². The molecule has 1 heterocycles. The van der Waals surface area contributed by atoms with Crippen molar-refractivity contribution in [1.82, 2.24) is 4.98 Å². The Morgan fingerprint density at radius 2 is 2.33 bits per heavy atom. The molecular weight excluding hydrogens is 225 g/mol. The Labute approximate surface area is 78.6 Å². The molecule has 0 aliphatic carbocycles. The van der Waals surface area contributed by atoms with E-state index in [0.717, 1.165) is 0 Å². The molecule has 1 atom stereocenters. The molecule has 1 aromatic rings. The third kappa shape index (κ3) is 2.01. The second-order valence-electron chi connectivity index (χ2n) is 2.51. The molecule has 1 rings (SSSR count). The zero-order valence-electron chi connectivity index (χ0n) is 6.59. The lowest BCUT2D eigenvalue weighted by Crippen LogP contribution is -2.03. The fourth-order valence-corrected chi connectivity index (χ4v) is 1.11. The van der Waals surface area contributed by atoms with Crippen molar-refractivity contribution in [3.05, 3.63) is 29.3 Å². The molecular formula is C8H9BrFNO. The third-order valence-corrected chi connectivity index (χ3v) is 2.16. The first-order valence-corrected chi connectivity index (χ1v) is 4.64. The highest BCUT2D eigenvalue weighted by atomic mass is 79.9. The number of hydrogen-bond acceptors (Lipinski definition) is 2. The van der Waals surface area contributed by atoms with Crippen LogP contribution < -0.4 is 0 Å². The molecule has 0 spiro atoms. The number of halogens is 2. The standard InChI is InChI=1S/C8H9BrFNO/c1-5-2-3-6(7(12)4-9)11-8(5)10/h2-3,7,12H,4H2,1H3/t7-/m1/s1. The van der Waals surface area contributed by atoms with Crippen molar-refractivity contribution in [3.8, 4) is 0 Å². The first-order valence-electron chi connectivity index (χ1n) is 3.52. The number of rotatable bonds is 2. The maximum atomic E-state index is 12.8. The topological polar surface area (TPSA) is 33.1 Å². The van der Waals surface area contributed by atoms with E-state index >= 15 is 0 Å². The minimum Gasteiger partial charge on any atom is -0.386 e. The number of pyridine rings is 1. The summed E-state index contributed by atoms with van der Waals surface area (Å²) in [6.45, 7) is 1.63. The molecule has 4 heteroatoms. The lowest BCUT2D eigenvalue weighted by Gasteiger charge is -2.06. The van der Waals surface area contributed by atoms with Crippen molar-refractivity contribution >= 4 is 15.9 Å². The second kappa shape index (κ2) is 3.96. The van der Waals surface area contributed by atoms with Crippen molar-refractivity contribution in [2.45, 2.75) is 13.0 Å². The summed E-state index contributed by atoms with van der Waals surface area (Å²) in [5.74, 6) is -0.521. The molecule has 0 aliphatic rings. The first-order chi connectivity index (χ1) is 5.65. The highest BCUT2D eigenvalue weighted by molar-refractivity contribution is 9.09.